The van der Waals surface area contributed by atoms with Crippen molar-refractivity contribution in [3.63, 3.8) is 0 Å². The molecule has 0 saturated heterocycles. The summed E-state index contributed by atoms with van der Waals surface area (Å²) in [6, 6.07) is 10.4. The van der Waals surface area contributed by atoms with Crippen LogP contribution in [0.1, 0.15) is 18.4 Å². The van der Waals surface area contributed by atoms with Crippen LogP contribution in [0.5, 0.6) is 0 Å². The molecule has 0 heterocycles. The number of rotatable bonds is 4. The lowest BCUT2D eigenvalue weighted by molar-refractivity contribution is 0.644. The van der Waals surface area contributed by atoms with Gasteiger partial charge in [-0.1, -0.05) is 49.4 Å². The van der Waals surface area contributed by atoms with E-state index in [4.69, 9.17) is 0 Å². The van der Waals surface area contributed by atoms with Crippen LogP contribution in [0.25, 0.3) is 0 Å². The van der Waals surface area contributed by atoms with E-state index in [1.54, 1.807) is 0 Å². The maximum Gasteiger partial charge on any atom is 0.00754 e. The molecule has 0 aromatic heterocycles. The highest BCUT2D eigenvalue weighted by Crippen LogP contribution is 2.25. The molecular weight excluding hydrogens is 156 g/mol. The Hall–Kier alpha value is -1.30. The number of allylic oxidation sites excluding steroid dienone is 2. The summed E-state index contributed by atoms with van der Waals surface area (Å²) in [5, 5.41) is 0. The highest BCUT2D eigenvalue weighted by Gasteiger charge is 2.11. The highest BCUT2D eigenvalue weighted by molar-refractivity contribution is 5.24. The van der Waals surface area contributed by atoms with E-state index in [1.807, 2.05) is 18.2 Å². The summed E-state index contributed by atoms with van der Waals surface area (Å²) in [6.07, 6.45) is 3.96. The molecule has 0 aliphatic heterocycles. The Balaban J connectivity index is 2.90. The number of hydrogen-bond donors (Lipinski definition) is 0. The Kier molecular flexibility index (Phi) is 3.51. The fourth-order valence-electron chi connectivity index (χ4n) is 1.48. The largest absolute Gasteiger partial charge is 0.103 e. The van der Waals surface area contributed by atoms with Crippen molar-refractivity contribution in [3.05, 3.63) is 61.2 Å². The van der Waals surface area contributed by atoms with E-state index in [-0.39, 0.29) is 0 Å². The number of benzene rings is 1. The van der Waals surface area contributed by atoms with E-state index in [0.29, 0.717) is 11.8 Å². The lowest BCUT2D eigenvalue weighted by Crippen LogP contribution is -2.03. The lowest BCUT2D eigenvalue weighted by Gasteiger charge is -2.17. The maximum atomic E-state index is 3.86. The molecule has 0 aliphatic rings. The molecule has 0 N–H and O–H groups in total. The van der Waals surface area contributed by atoms with Crippen molar-refractivity contribution < 1.29 is 0 Å². The minimum absolute atomic E-state index is 0.388. The average molecular weight is 172 g/mol. The summed E-state index contributed by atoms with van der Waals surface area (Å²) in [6.45, 7) is 9.82. The van der Waals surface area contributed by atoms with Crippen LogP contribution < -0.4 is 0 Å². The molecule has 68 valence electrons. The molecule has 0 nitrogen and oxygen atoms in total. The summed E-state index contributed by atoms with van der Waals surface area (Å²) in [4.78, 5) is 0. The molecule has 0 heteroatoms. The summed E-state index contributed by atoms with van der Waals surface area (Å²) >= 11 is 0. The van der Waals surface area contributed by atoms with Gasteiger partial charge in [0, 0.05) is 5.92 Å². The average Bonchev–Trinajstić information content (AvgIpc) is 2.20. The van der Waals surface area contributed by atoms with Gasteiger partial charge in [-0.05, 0) is 11.5 Å². The van der Waals surface area contributed by atoms with Gasteiger partial charge in [-0.3, -0.25) is 0 Å². The van der Waals surface area contributed by atoms with Crippen LogP contribution in [-0.2, 0) is 0 Å². The second-order valence-electron chi connectivity index (χ2n) is 3.27. The van der Waals surface area contributed by atoms with E-state index in [9.17, 15) is 0 Å². The summed E-state index contributed by atoms with van der Waals surface area (Å²) < 4.78 is 0. The highest BCUT2D eigenvalue weighted by atomic mass is 14.2. The predicted octanol–water partition coefficient (Wildman–Crippen LogP) is 3.78. The SMILES string of the molecule is C=CC(C)C(C=C)c1ccccc1. The molecule has 0 radical (unpaired) electrons. The van der Waals surface area contributed by atoms with Crippen LogP contribution in [-0.4, -0.2) is 0 Å². The zero-order valence-corrected chi connectivity index (χ0v) is 8.11. The van der Waals surface area contributed by atoms with E-state index in [0.717, 1.165) is 0 Å². The minimum atomic E-state index is 0.388. The smallest absolute Gasteiger partial charge is 0.00754 e. The fourth-order valence-corrected chi connectivity index (χ4v) is 1.48. The molecule has 1 rings (SSSR count). The Morgan fingerprint density at radius 2 is 1.69 bits per heavy atom. The van der Waals surface area contributed by atoms with Crippen molar-refractivity contribution in [2.75, 3.05) is 0 Å². The first-order valence-corrected chi connectivity index (χ1v) is 4.59. The Morgan fingerprint density at radius 1 is 1.08 bits per heavy atom. The van der Waals surface area contributed by atoms with E-state index in [2.05, 4.69) is 44.3 Å². The van der Waals surface area contributed by atoms with Gasteiger partial charge >= 0.3 is 0 Å². The van der Waals surface area contributed by atoms with Crippen LogP contribution >= 0.6 is 0 Å². The van der Waals surface area contributed by atoms with Gasteiger partial charge in [-0.2, -0.15) is 0 Å². The van der Waals surface area contributed by atoms with Crippen molar-refractivity contribution >= 4 is 0 Å². The molecule has 0 fully saturated rings. The van der Waals surface area contributed by atoms with Crippen molar-refractivity contribution in [1.82, 2.24) is 0 Å². The molecule has 0 amide bonds. The first kappa shape index (κ1) is 9.79. The summed E-state index contributed by atoms with van der Waals surface area (Å²) in [7, 11) is 0. The second-order valence-corrected chi connectivity index (χ2v) is 3.27. The van der Waals surface area contributed by atoms with Gasteiger partial charge in [0.25, 0.3) is 0 Å². The Bertz CT molecular complexity index is 271. The molecule has 2 atom stereocenters. The molecule has 0 saturated carbocycles. The third-order valence-corrected chi connectivity index (χ3v) is 2.38. The predicted molar refractivity (Wildman–Crippen MR) is 58.7 cm³/mol. The Labute approximate surface area is 80.6 Å². The van der Waals surface area contributed by atoms with Crippen LogP contribution in [0.15, 0.2) is 55.6 Å². The molecule has 1 aromatic rings. The minimum Gasteiger partial charge on any atom is -0.103 e. The fraction of sp³-hybridized carbons (Fsp3) is 0.231. The molecule has 1 aromatic carbocycles. The Morgan fingerprint density at radius 3 is 2.15 bits per heavy atom. The molecule has 13 heavy (non-hydrogen) atoms. The monoisotopic (exact) mass is 172 g/mol. The van der Waals surface area contributed by atoms with Crippen LogP contribution in [0, 0.1) is 5.92 Å². The second kappa shape index (κ2) is 4.66. The first-order chi connectivity index (χ1) is 6.29. The molecule has 0 spiro atoms. The molecule has 0 bridgehead atoms. The van der Waals surface area contributed by atoms with Crippen LogP contribution in [0.2, 0.25) is 0 Å². The van der Waals surface area contributed by atoms with Gasteiger partial charge in [0.2, 0.25) is 0 Å². The summed E-state index contributed by atoms with van der Waals surface area (Å²) in [5.74, 6) is 0.832. The van der Waals surface area contributed by atoms with Gasteiger partial charge in [-0.25, -0.2) is 0 Å². The van der Waals surface area contributed by atoms with Gasteiger partial charge in [0.05, 0.1) is 0 Å². The topological polar surface area (TPSA) is 0 Å². The summed E-state index contributed by atoms with van der Waals surface area (Å²) in [5.41, 5.74) is 1.31. The molecule has 0 aliphatic carbocycles. The van der Waals surface area contributed by atoms with E-state index in [1.165, 1.54) is 5.56 Å². The number of hydrogen-bond acceptors (Lipinski definition) is 0. The van der Waals surface area contributed by atoms with E-state index >= 15 is 0 Å². The van der Waals surface area contributed by atoms with Gasteiger partial charge in [-0.15, -0.1) is 13.2 Å². The van der Waals surface area contributed by atoms with Crippen LogP contribution in [0.4, 0.5) is 0 Å². The van der Waals surface area contributed by atoms with Crippen molar-refractivity contribution in [2.24, 2.45) is 5.92 Å². The third kappa shape index (κ3) is 2.32. The zero-order valence-electron chi connectivity index (χ0n) is 8.11. The molecular formula is C13H16. The maximum absolute atomic E-state index is 3.86. The van der Waals surface area contributed by atoms with E-state index < -0.39 is 0 Å². The quantitative estimate of drug-likeness (QED) is 0.606. The van der Waals surface area contributed by atoms with Crippen molar-refractivity contribution in [2.45, 2.75) is 12.8 Å². The normalized spacial score (nSPS) is 14.5. The van der Waals surface area contributed by atoms with Gasteiger partial charge in [0.1, 0.15) is 0 Å². The van der Waals surface area contributed by atoms with Gasteiger partial charge < -0.3 is 0 Å². The lowest BCUT2D eigenvalue weighted by atomic mass is 9.87. The van der Waals surface area contributed by atoms with Gasteiger partial charge in [0.15, 0.2) is 0 Å². The van der Waals surface area contributed by atoms with Crippen LogP contribution in [0.3, 0.4) is 0 Å². The standard InChI is InChI=1S/C13H16/c1-4-11(3)13(5-2)12-9-7-6-8-10-12/h4-11,13H,1-2H2,3H3. The third-order valence-electron chi connectivity index (χ3n) is 2.38. The van der Waals surface area contributed by atoms with Crippen molar-refractivity contribution in [1.29, 1.82) is 0 Å². The zero-order chi connectivity index (χ0) is 9.68. The first-order valence-electron chi connectivity index (χ1n) is 4.59. The van der Waals surface area contributed by atoms with Crippen molar-refractivity contribution in [3.8, 4) is 0 Å². The molecule has 2 unspecified atom stereocenters.